The summed E-state index contributed by atoms with van der Waals surface area (Å²) in [5.74, 6) is 1.40. The van der Waals surface area contributed by atoms with E-state index in [1.54, 1.807) is 4.68 Å². The highest BCUT2D eigenvalue weighted by molar-refractivity contribution is 5.71. The van der Waals surface area contributed by atoms with Crippen molar-refractivity contribution in [1.29, 1.82) is 0 Å². The lowest BCUT2D eigenvalue weighted by Gasteiger charge is -2.14. The van der Waals surface area contributed by atoms with Crippen molar-refractivity contribution in [2.75, 3.05) is 0 Å². The van der Waals surface area contributed by atoms with E-state index in [0.717, 1.165) is 30.9 Å². The first-order valence-corrected chi connectivity index (χ1v) is 7.07. The van der Waals surface area contributed by atoms with Crippen molar-refractivity contribution in [3.05, 3.63) is 11.6 Å². The van der Waals surface area contributed by atoms with E-state index in [1.165, 1.54) is 0 Å². The Bertz CT molecular complexity index is 467. The largest absolute Gasteiger partial charge is 0.481 e. The van der Waals surface area contributed by atoms with E-state index in [2.05, 4.69) is 30.9 Å². The topological polar surface area (TPSA) is 68.0 Å². The van der Waals surface area contributed by atoms with Crippen LogP contribution in [0.25, 0.3) is 0 Å². The van der Waals surface area contributed by atoms with Gasteiger partial charge in [0.05, 0.1) is 5.92 Å². The molecule has 0 aliphatic heterocycles. The van der Waals surface area contributed by atoms with E-state index >= 15 is 0 Å². The van der Waals surface area contributed by atoms with Crippen molar-refractivity contribution in [3.8, 4) is 0 Å². The zero-order chi connectivity index (χ0) is 14.2. The molecule has 1 saturated carbocycles. The Balaban J connectivity index is 2.31. The molecule has 5 heteroatoms. The first-order valence-electron chi connectivity index (χ1n) is 7.07. The standard InChI is InChI=1S/C14H23N3O2/c1-5-9-6-10(11(7-9)14(18)19)13-15-12(8(2)3)16-17(13)4/h8-11H,5-7H2,1-4H3,(H,18,19). The molecular formula is C14H23N3O2. The van der Waals surface area contributed by atoms with Crippen LogP contribution in [0.15, 0.2) is 0 Å². The average Bonchev–Trinajstić information content (AvgIpc) is 2.91. The zero-order valence-electron chi connectivity index (χ0n) is 12.1. The lowest BCUT2D eigenvalue weighted by molar-refractivity contribution is -0.142. The third-order valence-corrected chi connectivity index (χ3v) is 4.22. The summed E-state index contributed by atoms with van der Waals surface area (Å²) >= 11 is 0. The fraction of sp³-hybridized carbons (Fsp3) is 0.786. The van der Waals surface area contributed by atoms with Gasteiger partial charge >= 0.3 is 5.97 Å². The Kier molecular flexibility index (Phi) is 3.92. The summed E-state index contributed by atoms with van der Waals surface area (Å²) in [6.45, 7) is 6.23. The Morgan fingerprint density at radius 2 is 2.16 bits per heavy atom. The van der Waals surface area contributed by atoms with Crippen molar-refractivity contribution >= 4 is 5.97 Å². The number of carboxylic acid groups (broad SMARTS) is 1. The highest BCUT2D eigenvalue weighted by Crippen LogP contribution is 2.43. The van der Waals surface area contributed by atoms with Crippen LogP contribution in [-0.4, -0.2) is 25.8 Å². The summed E-state index contributed by atoms with van der Waals surface area (Å²) in [6.07, 6.45) is 2.72. The second kappa shape index (κ2) is 5.31. The Morgan fingerprint density at radius 3 is 2.63 bits per heavy atom. The summed E-state index contributed by atoms with van der Waals surface area (Å²) in [5.41, 5.74) is 0. The molecule has 5 nitrogen and oxygen atoms in total. The van der Waals surface area contributed by atoms with Crippen LogP contribution in [0, 0.1) is 11.8 Å². The molecule has 1 heterocycles. The van der Waals surface area contributed by atoms with Gasteiger partial charge < -0.3 is 5.11 Å². The number of aromatic nitrogens is 3. The van der Waals surface area contributed by atoms with Crippen molar-refractivity contribution < 1.29 is 9.90 Å². The molecule has 0 bridgehead atoms. The Labute approximate surface area is 114 Å². The Hall–Kier alpha value is -1.39. The highest BCUT2D eigenvalue weighted by atomic mass is 16.4. The molecule has 0 amide bonds. The van der Waals surface area contributed by atoms with Crippen LogP contribution >= 0.6 is 0 Å². The number of nitrogens with zero attached hydrogens (tertiary/aromatic N) is 3. The number of hydrogen-bond donors (Lipinski definition) is 1. The predicted molar refractivity (Wildman–Crippen MR) is 72.0 cm³/mol. The highest BCUT2D eigenvalue weighted by Gasteiger charge is 2.41. The second-order valence-corrected chi connectivity index (χ2v) is 5.90. The fourth-order valence-corrected chi connectivity index (χ4v) is 3.02. The molecule has 1 aliphatic carbocycles. The normalized spacial score (nSPS) is 27.1. The SMILES string of the molecule is CCC1CC(C(=O)O)C(c2nc(C(C)C)nn2C)C1. The van der Waals surface area contributed by atoms with Crippen LogP contribution in [-0.2, 0) is 11.8 Å². The van der Waals surface area contributed by atoms with Gasteiger partial charge in [-0.1, -0.05) is 27.2 Å². The van der Waals surface area contributed by atoms with Crippen LogP contribution in [0.3, 0.4) is 0 Å². The van der Waals surface area contributed by atoms with Gasteiger partial charge in [-0.05, 0) is 18.8 Å². The molecule has 3 unspecified atom stereocenters. The van der Waals surface area contributed by atoms with Gasteiger partial charge in [0.25, 0.3) is 0 Å². The average molecular weight is 265 g/mol. The van der Waals surface area contributed by atoms with Crippen molar-refractivity contribution in [2.45, 2.75) is 51.9 Å². The maximum Gasteiger partial charge on any atom is 0.307 e. The van der Waals surface area contributed by atoms with Crippen LogP contribution in [0.1, 0.15) is 63.5 Å². The van der Waals surface area contributed by atoms with Gasteiger partial charge in [-0.25, -0.2) is 4.98 Å². The van der Waals surface area contributed by atoms with E-state index in [9.17, 15) is 9.90 Å². The summed E-state index contributed by atoms with van der Waals surface area (Å²) in [4.78, 5) is 16.0. The second-order valence-electron chi connectivity index (χ2n) is 5.90. The molecule has 106 valence electrons. The van der Waals surface area contributed by atoms with E-state index in [1.807, 2.05) is 7.05 Å². The lowest BCUT2D eigenvalue weighted by atomic mass is 9.95. The van der Waals surface area contributed by atoms with E-state index in [-0.39, 0.29) is 17.8 Å². The third-order valence-electron chi connectivity index (χ3n) is 4.22. The molecule has 0 radical (unpaired) electrons. The minimum atomic E-state index is -0.699. The maximum atomic E-state index is 11.4. The van der Waals surface area contributed by atoms with E-state index in [0.29, 0.717) is 5.92 Å². The van der Waals surface area contributed by atoms with Gasteiger partial charge in [-0.3, -0.25) is 9.48 Å². The molecule has 0 spiro atoms. The number of carbonyl (C=O) groups is 1. The van der Waals surface area contributed by atoms with E-state index in [4.69, 9.17) is 0 Å². The summed E-state index contributed by atoms with van der Waals surface area (Å²) in [7, 11) is 1.87. The molecule has 1 aliphatic rings. The van der Waals surface area contributed by atoms with Crippen molar-refractivity contribution in [3.63, 3.8) is 0 Å². The molecule has 0 saturated heterocycles. The van der Waals surface area contributed by atoms with Crippen molar-refractivity contribution in [1.82, 2.24) is 14.8 Å². The quantitative estimate of drug-likeness (QED) is 0.908. The maximum absolute atomic E-state index is 11.4. The summed E-state index contributed by atoms with van der Waals surface area (Å²) in [5, 5.41) is 13.8. The third kappa shape index (κ3) is 2.65. The van der Waals surface area contributed by atoms with Gasteiger partial charge in [0.2, 0.25) is 0 Å². The molecule has 1 aromatic heterocycles. The molecule has 0 aromatic carbocycles. The van der Waals surface area contributed by atoms with E-state index < -0.39 is 5.97 Å². The molecular weight excluding hydrogens is 242 g/mol. The monoisotopic (exact) mass is 265 g/mol. The lowest BCUT2D eigenvalue weighted by Crippen LogP contribution is -2.19. The molecule has 1 N–H and O–H groups in total. The van der Waals surface area contributed by atoms with Gasteiger partial charge in [-0.15, -0.1) is 0 Å². The van der Waals surface area contributed by atoms with Gasteiger partial charge in [0.1, 0.15) is 5.82 Å². The Morgan fingerprint density at radius 1 is 1.47 bits per heavy atom. The zero-order valence-corrected chi connectivity index (χ0v) is 12.1. The first-order chi connectivity index (χ1) is 8.93. The number of carboxylic acids is 1. The minimum absolute atomic E-state index is 0.00690. The molecule has 1 aromatic rings. The van der Waals surface area contributed by atoms with Crippen LogP contribution in [0.2, 0.25) is 0 Å². The van der Waals surface area contributed by atoms with Gasteiger partial charge in [0, 0.05) is 18.9 Å². The predicted octanol–water partition coefficient (Wildman–Crippen LogP) is 2.54. The van der Waals surface area contributed by atoms with Crippen LogP contribution in [0.5, 0.6) is 0 Å². The number of aryl methyl sites for hydroxylation is 1. The summed E-state index contributed by atoms with van der Waals surface area (Å²) < 4.78 is 1.77. The summed E-state index contributed by atoms with van der Waals surface area (Å²) in [6, 6.07) is 0. The molecule has 3 atom stereocenters. The van der Waals surface area contributed by atoms with Crippen molar-refractivity contribution in [2.24, 2.45) is 18.9 Å². The van der Waals surface area contributed by atoms with Crippen LogP contribution < -0.4 is 0 Å². The molecule has 19 heavy (non-hydrogen) atoms. The number of aliphatic carboxylic acids is 1. The molecule has 2 rings (SSSR count). The van der Waals surface area contributed by atoms with Crippen LogP contribution in [0.4, 0.5) is 0 Å². The van der Waals surface area contributed by atoms with Gasteiger partial charge in [-0.2, -0.15) is 5.10 Å². The first kappa shape index (κ1) is 14.0. The number of rotatable bonds is 4. The fourth-order valence-electron chi connectivity index (χ4n) is 3.02. The smallest absolute Gasteiger partial charge is 0.307 e. The molecule has 1 fully saturated rings. The minimum Gasteiger partial charge on any atom is -0.481 e. The number of hydrogen-bond acceptors (Lipinski definition) is 3. The van der Waals surface area contributed by atoms with Gasteiger partial charge in [0.15, 0.2) is 5.82 Å².